The van der Waals surface area contributed by atoms with Crippen LogP contribution in [0.15, 0.2) is 47.5 Å². The van der Waals surface area contributed by atoms with Crippen LogP contribution in [0.2, 0.25) is 0 Å². The molecule has 2 N–H and O–H groups in total. The fourth-order valence-electron chi connectivity index (χ4n) is 1.63. The molecule has 0 saturated heterocycles. The number of hydrogen-bond acceptors (Lipinski definition) is 6. The van der Waals surface area contributed by atoms with Crippen molar-refractivity contribution in [2.24, 2.45) is 0 Å². The zero-order chi connectivity index (χ0) is 17.0. The Kier molecular flexibility index (Phi) is 4.62. The molecule has 1 heterocycles. The SMILES string of the molecule is O=C(NNS(=O)(=O)c1c(F)cccc1[N+](=O)[O-])c1ccccn1. The normalized spacial score (nSPS) is 11.0. The van der Waals surface area contributed by atoms with Crippen molar-refractivity contribution in [2.45, 2.75) is 4.90 Å². The van der Waals surface area contributed by atoms with Crippen molar-refractivity contribution in [3.63, 3.8) is 0 Å². The summed E-state index contributed by atoms with van der Waals surface area (Å²) in [6.07, 6.45) is 1.31. The summed E-state index contributed by atoms with van der Waals surface area (Å²) in [6.45, 7) is 0. The average molecular weight is 340 g/mol. The Hall–Kier alpha value is -2.92. The molecule has 0 spiro atoms. The number of nitro groups is 1. The van der Waals surface area contributed by atoms with Crippen LogP contribution in [0.5, 0.6) is 0 Å². The summed E-state index contributed by atoms with van der Waals surface area (Å²) in [5.41, 5.74) is 0.749. The van der Waals surface area contributed by atoms with Gasteiger partial charge < -0.3 is 0 Å². The molecule has 2 aromatic rings. The number of benzene rings is 1. The lowest BCUT2D eigenvalue weighted by molar-refractivity contribution is -0.388. The van der Waals surface area contributed by atoms with Crippen LogP contribution in [-0.4, -0.2) is 24.2 Å². The summed E-state index contributed by atoms with van der Waals surface area (Å²) in [6, 6.07) is 6.94. The van der Waals surface area contributed by atoms with Crippen molar-refractivity contribution in [1.82, 2.24) is 15.2 Å². The van der Waals surface area contributed by atoms with E-state index in [1.165, 1.54) is 18.3 Å². The van der Waals surface area contributed by atoms with Crippen LogP contribution < -0.4 is 10.3 Å². The Morgan fingerprint density at radius 3 is 2.57 bits per heavy atom. The summed E-state index contributed by atoms with van der Waals surface area (Å²) in [4.78, 5) is 25.6. The standard InChI is InChI=1S/C12H9FN4O5S/c13-8-4-3-6-10(17(19)20)11(8)23(21,22)16-15-12(18)9-5-1-2-7-14-9/h1-7,16H,(H,15,18). The van der Waals surface area contributed by atoms with Crippen LogP contribution in [-0.2, 0) is 10.0 Å². The van der Waals surface area contributed by atoms with Gasteiger partial charge in [0.2, 0.25) is 0 Å². The van der Waals surface area contributed by atoms with Crippen molar-refractivity contribution >= 4 is 21.6 Å². The number of aromatic nitrogens is 1. The van der Waals surface area contributed by atoms with E-state index in [4.69, 9.17) is 0 Å². The van der Waals surface area contributed by atoms with E-state index in [9.17, 15) is 27.7 Å². The Morgan fingerprint density at radius 1 is 1.22 bits per heavy atom. The molecule has 23 heavy (non-hydrogen) atoms. The van der Waals surface area contributed by atoms with Crippen molar-refractivity contribution in [3.05, 3.63) is 64.2 Å². The van der Waals surface area contributed by atoms with E-state index < -0.39 is 37.3 Å². The molecule has 0 bridgehead atoms. The van der Waals surface area contributed by atoms with E-state index >= 15 is 0 Å². The Morgan fingerprint density at radius 2 is 1.96 bits per heavy atom. The number of sulfonamides is 1. The molecule has 1 aromatic heterocycles. The van der Waals surface area contributed by atoms with E-state index in [1.54, 1.807) is 16.3 Å². The smallest absolute Gasteiger partial charge is 0.272 e. The number of carbonyl (C=O) groups excluding carboxylic acids is 1. The second-order valence-electron chi connectivity index (χ2n) is 4.12. The predicted molar refractivity (Wildman–Crippen MR) is 75.1 cm³/mol. The van der Waals surface area contributed by atoms with Gasteiger partial charge in [-0.3, -0.25) is 25.3 Å². The fourth-order valence-corrected chi connectivity index (χ4v) is 2.70. The van der Waals surface area contributed by atoms with Gasteiger partial charge in [-0.05, 0) is 18.2 Å². The highest BCUT2D eigenvalue weighted by Gasteiger charge is 2.30. The molecule has 0 fully saturated rings. The number of carbonyl (C=O) groups is 1. The molecular weight excluding hydrogens is 331 g/mol. The van der Waals surface area contributed by atoms with Gasteiger partial charge in [0.15, 0.2) is 4.90 Å². The first kappa shape index (κ1) is 16.5. The lowest BCUT2D eigenvalue weighted by atomic mass is 10.3. The number of rotatable bonds is 5. The highest BCUT2D eigenvalue weighted by atomic mass is 32.2. The number of nitrogens with zero attached hydrogens (tertiary/aromatic N) is 2. The van der Waals surface area contributed by atoms with Gasteiger partial charge >= 0.3 is 0 Å². The number of nitro benzene ring substituents is 1. The quantitative estimate of drug-likeness (QED) is 0.610. The highest BCUT2D eigenvalue weighted by Crippen LogP contribution is 2.25. The summed E-state index contributed by atoms with van der Waals surface area (Å²) < 4.78 is 37.8. The molecule has 0 aliphatic heterocycles. The number of hydrogen-bond donors (Lipinski definition) is 2. The lowest BCUT2D eigenvalue weighted by Crippen LogP contribution is -2.42. The Bertz CT molecular complexity index is 857. The molecule has 0 saturated carbocycles. The van der Waals surface area contributed by atoms with Gasteiger partial charge in [-0.25, -0.2) is 12.8 Å². The molecule has 9 nitrogen and oxygen atoms in total. The van der Waals surface area contributed by atoms with Crippen molar-refractivity contribution in [1.29, 1.82) is 0 Å². The summed E-state index contributed by atoms with van der Waals surface area (Å²) in [7, 11) is -4.70. The fraction of sp³-hybridized carbons (Fsp3) is 0. The topological polar surface area (TPSA) is 131 Å². The van der Waals surface area contributed by atoms with E-state index in [0.717, 1.165) is 18.2 Å². The average Bonchev–Trinajstić information content (AvgIpc) is 2.53. The maximum atomic E-state index is 13.7. The van der Waals surface area contributed by atoms with Gasteiger partial charge in [-0.1, -0.05) is 12.1 Å². The third-order valence-corrected chi connectivity index (χ3v) is 3.92. The molecule has 2 rings (SSSR count). The molecule has 1 aromatic carbocycles. The second-order valence-corrected chi connectivity index (χ2v) is 5.74. The van der Waals surface area contributed by atoms with Crippen LogP contribution in [0.4, 0.5) is 10.1 Å². The molecule has 11 heteroatoms. The molecule has 0 aliphatic carbocycles. The van der Waals surface area contributed by atoms with Crippen LogP contribution >= 0.6 is 0 Å². The Labute approximate surface area is 129 Å². The molecule has 120 valence electrons. The number of pyridine rings is 1. The molecule has 0 unspecified atom stereocenters. The summed E-state index contributed by atoms with van der Waals surface area (Å²) in [5.74, 6) is -2.23. The minimum atomic E-state index is -4.70. The zero-order valence-corrected chi connectivity index (χ0v) is 12.1. The van der Waals surface area contributed by atoms with Crippen molar-refractivity contribution in [3.8, 4) is 0 Å². The maximum absolute atomic E-state index is 13.7. The molecule has 0 aliphatic rings. The second kappa shape index (κ2) is 6.46. The number of nitrogens with one attached hydrogen (secondary N) is 2. The predicted octanol–water partition coefficient (Wildman–Crippen LogP) is 0.752. The minimum absolute atomic E-state index is 0.0989. The van der Waals surface area contributed by atoms with Gasteiger partial charge in [-0.2, -0.15) is 0 Å². The minimum Gasteiger partial charge on any atom is -0.272 e. The largest absolute Gasteiger partial charge is 0.292 e. The van der Waals surface area contributed by atoms with E-state index in [1.807, 2.05) is 0 Å². The molecule has 0 radical (unpaired) electrons. The zero-order valence-electron chi connectivity index (χ0n) is 11.3. The monoisotopic (exact) mass is 340 g/mol. The van der Waals surface area contributed by atoms with Gasteiger partial charge in [-0.15, -0.1) is 4.83 Å². The molecule has 0 atom stereocenters. The van der Waals surface area contributed by atoms with E-state index in [0.29, 0.717) is 0 Å². The number of hydrazine groups is 1. The van der Waals surface area contributed by atoms with E-state index in [-0.39, 0.29) is 5.69 Å². The lowest BCUT2D eigenvalue weighted by Gasteiger charge is -2.09. The van der Waals surface area contributed by atoms with Crippen LogP contribution in [0.3, 0.4) is 0 Å². The third-order valence-electron chi connectivity index (χ3n) is 2.61. The van der Waals surface area contributed by atoms with E-state index in [2.05, 4.69) is 4.98 Å². The number of amides is 1. The van der Waals surface area contributed by atoms with Crippen molar-refractivity contribution < 1.29 is 22.5 Å². The highest BCUT2D eigenvalue weighted by molar-refractivity contribution is 7.89. The van der Waals surface area contributed by atoms with Crippen LogP contribution in [0.1, 0.15) is 10.5 Å². The van der Waals surface area contributed by atoms with Crippen LogP contribution in [0.25, 0.3) is 0 Å². The maximum Gasteiger partial charge on any atom is 0.292 e. The van der Waals surface area contributed by atoms with Gasteiger partial charge in [0.05, 0.1) is 4.92 Å². The third kappa shape index (κ3) is 3.64. The Balaban J connectivity index is 2.27. The number of halogens is 1. The summed E-state index contributed by atoms with van der Waals surface area (Å²) in [5, 5.41) is 10.8. The molecular formula is C12H9FN4O5S. The van der Waals surface area contributed by atoms with Gasteiger partial charge in [0.1, 0.15) is 11.5 Å². The first-order valence-electron chi connectivity index (χ1n) is 5.99. The first-order valence-corrected chi connectivity index (χ1v) is 7.47. The van der Waals surface area contributed by atoms with Gasteiger partial charge in [0, 0.05) is 12.3 Å². The van der Waals surface area contributed by atoms with Crippen LogP contribution in [0, 0.1) is 15.9 Å². The van der Waals surface area contributed by atoms with Crippen molar-refractivity contribution in [2.75, 3.05) is 0 Å². The van der Waals surface area contributed by atoms with Gasteiger partial charge in [0.25, 0.3) is 21.6 Å². The molecule has 1 amide bonds. The first-order chi connectivity index (χ1) is 10.8. The summed E-state index contributed by atoms with van der Waals surface area (Å²) >= 11 is 0.